The SMILES string of the molecule is CC[C@@H](NC(=O)/C=C/c1ccc(OC)c(O)c1)c1c(C)noc1C. The Morgan fingerprint density at radius 2 is 2.21 bits per heavy atom. The molecule has 2 rings (SSSR count). The molecule has 0 spiro atoms. The molecule has 0 bridgehead atoms. The van der Waals surface area contributed by atoms with Crippen LogP contribution < -0.4 is 10.1 Å². The van der Waals surface area contributed by atoms with Crippen LogP contribution in [-0.2, 0) is 4.79 Å². The highest BCUT2D eigenvalue weighted by molar-refractivity contribution is 5.92. The molecule has 0 unspecified atom stereocenters. The summed E-state index contributed by atoms with van der Waals surface area (Å²) in [7, 11) is 1.48. The molecule has 1 aromatic carbocycles. The molecule has 0 aliphatic heterocycles. The van der Waals surface area contributed by atoms with Crippen LogP contribution in [0.4, 0.5) is 0 Å². The molecule has 2 aromatic rings. The van der Waals surface area contributed by atoms with Crippen LogP contribution in [0.2, 0.25) is 0 Å². The van der Waals surface area contributed by atoms with Crippen LogP contribution in [0.3, 0.4) is 0 Å². The zero-order chi connectivity index (χ0) is 17.7. The number of aromatic hydroxyl groups is 1. The molecule has 1 aromatic heterocycles. The number of aryl methyl sites for hydroxylation is 2. The van der Waals surface area contributed by atoms with Gasteiger partial charge in [0, 0.05) is 11.6 Å². The quantitative estimate of drug-likeness (QED) is 0.794. The molecule has 24 heavy (non-hydrogen) atoms. The van der Waals surface area contributed by atoms with Crippen molar-refractivity contribution in [2.45, 2.75) is 33.2 Å². The van der Waals surface area contributed by atoms with Gasteiger partial charge in [-0.15, -0.1) is 0 Å². The van der Waals surface area contributed by atoms with Crippen molar-refractivity contribution in [3.63, 3.8) is 0 Å². The van der Waals surface area contributed by atoms with E-state index in [1.807, 2.05) is 20.8 Å². The molecule has 6 heteroatoms. The number of amides is 1. The molecule has 2 N–H and O–H groups in total. The molecule has 1 amide bonds. The predicted octanol–water partition coefficient (Wildman–Crippen LogP) is 3.29. The van der Waals surface area contributed by atoms with Crippen molar-refractivity contribution in [1.29, 1.82) is 0 Å². The number of ether oxygens (including phenoxy) is 1. The van der Waals surface area contributed by atoms with E-state index >= 15 is 0 Å². The van der Waals surface area contributed by atoms with Gasteiger partial charge in [0.25, 0.3) is 0 Å². The second kappa shape index (κ2) is 7.68. The van der Waals surface area contributed by atoms with Gasteiger partial charge in [-0.05, 0) is 44.0 Å². The van der Waals surface area contributed by atoms with Crippen molar-refractivity contribution >= 4 is 12.0 Å². The summed E-state index contributed by atoms with van der Waals surface area (Å²) in [5.74, 6) is 0.907. The van der Waals surface area contributed by atoms with Crippen LogP contribution in [-0.4, -0.2) is 23.3 Å². The lowest BCUT2D eigenvalue weighted by Crippen LogP contribution is -2.27. The van der Waals surface area contributed by atoms with Gasteiger partial charge in [0.15, 0.2) is 11.5 Å². The maximum atomic E-state index is 12.2. The van der Waals surface area contributed by atoms with Gasteiger partial charge in [-0.1, -0.05) is 18.1 Å². The summed E-state index contributed by atoms with van der Waals surface area (Å²) in [5, 5.41) is 16.6. The Morgan fingerprint density at radius 1 is 1.46 bits per heavy atom. The highest BCUT2D eigenvalue weighted by atomic mass is 16.5. The number of phenols is 1. The minimum Gasteiger partial charge on any atom is -0.504 e. The van der Waals surface area contributed by atoms with E-state index in [2.05, 4.69) is 10.5 Å². The van der Waals surface area contributed by atoms with Crippen LogP contribution in [0.25, 0.3) is 6.08 Å². The summed E-state index contributed by atoms with van der Waals surface area (Å²) in [6, 6.07) is 4.78. The van der Waals surface area contributed by atoms with Crippen molar-refractivity contribution in [3.8, 4) is 11.5 Å². The molecule has 0 aliphatic carbocycles. The lowest BCUT2D eigenvalue weighted by Gasteiger charge is -2.15. The number of nitrogens with one attached hydrogen (secondary N) is 1. The third kappa shape index (κ3) is 3.95. The molecule has 0 saturated heterocycles. The fourth-order valence-corrected chi connectivity index (χ4v) is 2.57. The van der Waals surface area contributed by atoms with Crippen molar-refractivity contribution in [1.82, 2.24) is 10.5 Å². The third-order valence-corrected chi connectivity index (χ3v) is 3.79. The number of hydrogen-bond acceptors (Lipinski definition) is 5. The number of aromatic nitrogens is 1. The first-order valence-electron chi connectivity index (χ1n) is 7.74. The zero-order valence-electron chi connectivity index (χ0n) is 14.3. The Labute approximate surface area is 141 Å². The molecule has 0 fully saturated rings. The van der Waals surface area contributed by atoms with Gasteiger partial charge < -0.3 is 19.7 Å². The molecule has 1 heterocycles. The summed E-state index contributed by atoms with van der Waals surface area (Å²) in [5.41, 5.74) is 2.40. The van der Waals surface area contributed by atoms with Crippen molar-refractivity contribution in [2.75, 3.05) is 7.11 Å². The average molecular weight is 330 g/mol. The summed E-state index contributed by atoms with van der Waals surface area (Å²) < 4.78 is 10.2. The number of carbonyl (C=O) groups excluding carboxylic acids is 1. The summed E-state index contributed by atoms with van der Waals surface area (Å²) in [6.45, 7) is 5.68. The van der Waals surface area contributed by atoms with Crippen LogP contribution in [0.1, 0.15) is 42.0 Å². The monoisotopic (exact) mass is 330 g/mol. The topological polar surface area (TPSA) is 84.6 Å². The third-order valence-electron chi connectivity index (χ3n) is 3.79. The highest BCUT2D eigenvalue weighted by Crippen LogP contribution is 2.27. The van der Waals surface area contributed by atoms with Crippen LogP contribution >= 0.6 is 0 Å². The van der Waals surface area contributed by atoms with Crippen LogP contribution in [0.15, 0.2) is 28.8 Å². The predicted molar refractivity (Wildman–Crippen MR) is 90.8 cm³/mol. The van der Waals surface area contributed by atoms with E-state index in [9.17, 15) is 9.90 Å². The van der Waals surface area contributed by atoms with Crippen LogP contribution in [0.5, 0.6) is 11.5 Å². The number of phenolic OH excluding ortho intramolecular Hbond substituents is 1. The standard InChI is InChI=1S/C18H22N2O4/c1-5-14(18-11(2)20-24-12(18)3)19-17(22)9-7-13-6-8-16(23-4)15(21)10-13/h6-10,14,21H,5H2,1-4H3,(H,19,22)/b9-7+/t14-/m1/s1. The number of benzene rings is 1. The van der Waals surface area contributed by atoms with E-state index in [1.165, 1.54) is 19.3 Å². The number of methoxy groups -OCH3 is 1. The second-order valence-corrected chi connectivity index (χ2v) is 5.47. The molecule has 0 aliphatic rings. The van der Waals surface area contributed by atoms with E-state index in [1.54, 1.807) is 18.2 Å². The lowest BCUT2D eigenvalue weighted by molar-refractivity contribution is -0.117. The van der Waals surface area contributed by atoms with E-state index < -0.39 is 0 Å². The summed E-state index contributed by atoms with van der Waals surface area (Å²) in [6.07, 6.45) is 3.79. The Morgan fingerprint density at radius 3 is 2.75 bits per heavy atom. The fourth-order valence-electron chi connectivity index (χ4n) is 2.57. The Balaban J connectivity index is 2.07. The van der Waals surface area contributed by atoms with Gasteiger partial charge in [0.2, 0.25) is 5.91 Å². The maximum absolute atomic E-state index is 12.2. The number of nitrogens with zero attached hydrogens (tertiary/aromatic N) is 1. The van der Waals surface area contributed by atoms with Gasteiger partial charge in [-0.2, -0.15) is 0 Å². The lowest BCUT2D eigenvalue weighted by atomic mass is 10.0. The molecule has 1 atom stereocenters. The minimum atomic E-state index is -0.225. The van der Waals surface area contributed by atoms with E-state index in [-0.39, 0.29) is 17.7 Å². The molecule has 0 saturated carbocycles. The normalized spacial score (nSPS) is 12.3. The second-order valence-electron chi connectivity index (χ2n) is 5.47. The molecule has 128 valence electrons. The summed E-state index contributed by atoms with van der Waals surface area (Å²) >= 11 is 0. The summed E-state index contributed by atoms with van der Waals surface area (Å²) in [4.78, 5) is 12.2. The zero-order valence-corrected chi connectivity index (χ0v) is 14.3. The van der Waals surface area contributed by atoms with Gasteiger partial charge in [0.1, 0.15) is 5.76 Å². The number of carbonyl (C=O) groups is 1. The van der Waals surface area contributed by atoms with E-state index in [4.69, 9.17) is 9.26 Å². The van der Waals surface area contributed by atoms with Crippen molar-refractivity contribution in [3.05, 3.63) is 46.9 Å². The van der Waals surface area contributed by atoms with Gasteiger partial charge in [-0.3, -0.25) is 4.79 Å². The van der Waals surface area contributed by atoms with Crippen molar-refractivity contribution < 1.29 is 19.2 Å². The van der Waals surface area contributed by atoms with Gasteiger partial charge in [-0.25, -0.2) is 0 Å². The van der Waals surface area contributed by atoms with Crippen molar-refractivity contribution in [2.24, 2.45) is 0 Å². The average Bonchev–Trinajstić information content (AvgIpc) is 2.90. The first-order valence-corrected chi connectivity index (χ1v) is 7.74. The fraction of sp³-hybridized carbons (Fsp3) is 0.333. The minimum absolute atomic E-state index is 0.0298. The van der Waals surface area contributed by atoms with E-state index in [0.29, 0.717) is 17.1 Å². The van der Waals surface area contributed by atoms with Gasteiger partial charge >= 0.3 is 0 Å². The first kappa shape index (κ1) is 17.6. The molecule has 0 radical (unpaired) electrons. The molecular formula is C18H22N2O4. The number of hydrogen-bond donors (Lipinski definition) is 2. The smallest absolute Gasteiger partial charge is 0.244 e. The van der Waals surface area contributed by atoms with Crippen LogP contribution in [0, 0.1) is 13.8 Å². The maximum Gasteiger partial charge on any atom is 0.244 e. The largest absolute Gasteiger partial charge is 0.504 e. The Hall–Kier alpha value is -2.76. The molecular weight excluding hydrogens is 308 g/mol. The van der Waals surface area contributed by atoms with Gasteiger partial charge in [0.05, 0.1) is 18.8 Å². The highest BCUT2D eigenvalue weighted by Gasteiger charge is 2.19. The Bertz CT molecular complexity index is 730. The molecule has 6 nitrogen and oxygen atoms in total. The number of rotatable bonds is 6. The Kier molecular flexibility index (Phi) is 5.63. The van der Waals surface area contributed by atoms with E-state index in [0.717, 1.165) is 17.7 Å². The first-order chi connectivity index (χ1) is 11.5.